The third kappa shape index (κ3) is 2.01. The maximum atomic E-state index is 13.6. The summed E-state index contributed by atoms with van der Waals surface area (Å²) >= 11 is 6.89. The van der Waals surface area contributed by atoms with Crippen LogP contribution in [0.2, 0.25) is 5.02 Å². The highest BCUT2D eigenvalue weighted by Gasteiger charge is 2.17. The molecule has 0 fully saturated rings. The van der Waals surface area contributed by atoms with Crippen LogP contribution in [0, 0.1) is 5.82 Å². The van der Waals surface area contributed by atoms with Gasteiger partial charge in [-0.1, -0.05) is 11.6 Å². The summed E-state index contributed by atoms with van der Waals surface area (Å²) in [6, 6.07) is 2.78. The lowest BCUT2D eigenvalue weighted by molar-refractivity contribution is 0.0595. The van der Waals surface area contributed by atoms with Crippen molar-refractivity contribution in [2.24, 2.45) is 0 Å². The van der Waals surface area contributed by atoms with E-state index < -0.39 is 11.8 Å². The molecular weight excluding hydrogens is 227 g/mol. The second kappa shape index (κ2) is 4.66. The summed E-state index contributed by atoms with van der Waals surface area (Å²) in [5.41, 5.74) is -0.0961. The molecule has 5 heteroatoms. The Morgan fingerprint density at radius 1 is 1.57 bits per heavy atom. The molecule has 0 aromatic heterocycles. The molecule has 2 nitrogen and oxygen atoms in total. The third-order valence-electron chi connectivity index (χ3n) is 1.66. The number of halogens is 2. The van der Waals surface area contributed by atoms with Gasteiger partial charge in [0.05, 0.1) is 22.6 Å². The molecule has 0 saturated heterocycles. The van der Waals surface area contributed by atoms with Crippen molar-refractivity contribution in [3.8, 4) is 0 Å². The molecule has 76 valence electrons. The van der Waals surface area contributed by atoms with Crippen LogP contribution < -0.4 is 0 Å². The largest absolute Gasteiger partial charge is 0.465 e. The highest BCUT2D eigenvalue weighted by atomic mass is 35.5. The van der Waals surface area contributed by atoms with Crippen LogP contribution in [0.25, 0.3) is 0 Å². The summed E-state index contributed by atoms with van der Waals surface area (Å²) in [6.45, 7) is 0. The summed E-state index contributed by atoms with van der Waals surface area (Å²) in [5, 5.41) is 0.294. The standard InChI is InChI=1S/C9H8ClFO2S/c1-13-9(12)5-3-4-6(10)8(14-2)7(5)11/h3-4H,1-2H3. The first kappa shape index (κ1) is 11.3. The molecule has 0 spiro atoms. The lowest BCUT2D eigenvalue weighted by Gasteiger charge is -2.06. The van der Waals surface area contributed by atoms with Crippen molar-refractivity contribution in [1.82, 2.24) is 0 Å². The molecule has 1 aromatic rings. The summed E-state index contributed by atoms with van der Waals surface area (Å²) in [7, 11) is 1.20. The van der Waals surface area contributed by atoms with Crippen molar-refractivity contribution >= 4 is 29.3 Å². The molecule has 0 amide bonds. The highest BCUT2D eigenvalue weighted by molar-refractivity contribution is 7.98. The minimum atomic E-state index is -0.700. The minimum Gasteiger partial charge on any atom is -0.465 e. The minimum absolute atomic E-state index is 0.0961. The van der Waals surface area contributed by atoms with Crippen LogP contribution in [0.4, 0.5) is 4.39 Å². The number of hydrogen-bond acceptors (Lipinski definition) is 3. The van der Waals surface area contributed by atoms with E-state index in [1.165, 1.54) is 19.2 Å². The molecule has 0 aliphatic heterocycles. The van der Waals surface area contributed by atoms with Gasteiger partial charge in [0.1, 0.15) is 0 Å². The molecule has 0 heterocycles. The van der Waals surface area contributed by atoms with Crippen LogP contribution in [0.1, 0.15) is 10.4 Å². The summed E-state index contributed by atoms with van der Waals surface area (Å²) in [6.07, 6.45) is 1.69. The van der Waals surface area contributed by atoms with E-state index in [9.17, 15) is 9.18 Å². The van der Waals surface area contributed by atoms with Crippen LogP contribution in [0.15, 0.2) is 17.0 Å². The van der Waals surface area contributed by atoms with E-state index in [1.54, 1.807) is 6.26 Å². The lowest BCUT2D eigenvalue weighted by atomic mass is 10.2. The van der Waals surface area contributed by atoms with Crippen LogP contribution >= 0.6 is 23.4 Å². The Bertz CT molecular complexity index is 368. The first-order chi connectivity index (χ1) is 6.61. The molecule has 0 atom stereocenters. The zero-order valence-corrected chi connectivity index (χ0v) is 9.21. The number of hydrogen-bond donors (Lipinski definition) is 0. The summed E-state index contributed by atoms with van der Waals surface area (Å²) < 4.78 is 18.0. The van der Waals surface area contributed by atoms with Gasteiger partial charge in [-0.25, -0.2) is 9.18 Å². The average molecular weight is 235 g/mol. The zero-order valence-electron chi connectivity index (χ0n) is 7.64. The number of carbonyl (C=O) groups is 1. The predicted octanol–water partition coefficient (Wildman–Crippen LogP) is 2.99. The molecule has 1 aromatic carbocycles. The van der Waals surface area contributed by atoms with Gasteiger partial charge in [-0.05, 0) is 18.4 Å². The number of carbonyl (C=O) groups excluding carboxylic acids is 1. The predicted molar refractivity (Wildman–Crippen MR) is 54.5 cm³/mol. The number of thioether (sulfide) groups is 1. The normalized spacial score (nSPS) is 10.0. The van der Waals surface area contributed by atoms with Gasteiger partial charge in [0.15, 0.2) is 5.82 Å². The van der Waals surface area contributed by atoms with Gasteiger partial charge >= 0.3 is 5.97 Å². The summed E-state index contributed by atoms with van der Waals surface area (Å²) in [4.78, 5) is 11.4. The van der Waals surface area contributed by atoms with Gasteiger partial charge in [-0.2, -0.15) is 0 Å². The van der Waals surface area contributed by atoms with E-state index >= 15 is 0 Å². The lowest BCUT2D eigenvalue weighted by Crippen LogP contribution is -2.05. The Morgan fingerprint density at radius 3 is 2.71 bits per heavy atom. The molecule has 0 aliphatic rings. The number of methoxy groups -OCH3 is 1. The van der Waals surface area contributed by atoms with Crippen molar-refractivity contribution in [1.29, 1.82) is 0 Å². The van der Waals surface area contributed by atoms with Crippen molar-refractivity contribution in [2.45, 2.75) is 4.90 Å². The second-order valence-corrected chi connectivity index (χ2v) is 3.66. The van der Waals surface area contributed by atoms with Crippen LogP contribution in [0.5, 0.6) is 0 Å². The molecular formula is C9H8ClFO2S. The van der Waals surface area contributed by atoms with Gasteiger partial charge in [0, 0.05) is 0 Å². The van der Waals surface area contributed by atoms with E-state index in [-0.39, 0.29) is 10.5 Å². The van der Waals surface area contributed by atoms with Crippen LogP contribution in [-0.4, -0.2) is 19.3 Å². The second-order valence-electron chi connectivity index (χ2n) is 2.43. The van der Waals surface area contributed by atoms with Crippen molar-refractivity contribution in [3.63, 3.8) is 0 Å². The van der Waals surface area contributed by atoms with E-state index in [0.29, 0.717) is 5.02 Å². The van der Waals surface area contributed by atoms with Gasteiger partial charge in [0.25, 0.3) is 0 Å². The van der Waals surface area contributed by atoms with Crippen LogP contribution in [0.3, 0.4) is 0 Å². The molecule has 0 unspecified atom stereocenters. The van der Waals surface area contributed by atoms with Crippen molar-refractivity contribution in [2.75, 3.05) is 13.4 Å². The quantitative estimate of drug-likeness (QED) is 0.581. The zero-order chi connectivity index (χ0) is 10.7. The third-order valence-corrected chi connectivity index (χ3v) is 2.89. The summed E-state index contributed by atoms with van der Waals surface area (Å²) in [5.74, 6) is -1.33. The first-order valence-electron chi connectivity index (χ1n) is 3.72. The highest BCUT2D eigenvalue weighted by Crippen LogP contribution is 2.30. The van der Waals surface area contributed by atoms with E-state index in [2.05, 4.69) is 4.74 Å². The van der Waals surface area contributed by atoms with Gasteiger partial charge in [-0.3, -0.25) is 0 Å². The fourth-order valence-corrected chi connectivity index (χ4v) is 1.92. The topological polar surface area (TPSA) is 26.3 Å². The monoisotopic (exact) mass is 234 g/mol. The number of benzene rings is 1. The maximum absolute atomic E-state index is 13.6. The molecule has 14 heavy (non-hydrogen) atoms. The Balaban J connectivity index is 3.28. The molecule has 0 aliphatic carbocycles. The number of ether oxygens (including phenoxy) is 1. The molecule has 0 saturated carbocycles. The van der Waals surface area contributed by atoms with Crippen molar-refractivity contribution in [3.05, 3.63) is 28.5 Å². The molecule has 0 N–H and O–H groups in total. The number of esters is 1. The Kier molecular flexibility index (Phi) is 3.77. The smallest absolute Gasteiger partial charge is 0.340 e. The maximum Gasteiger partial charge on any atom is 0.340 e. The van der Waals surface area contributed by atoms with Gasteiger partial charge < -0.3 is 4.74 Å². The Morgan fingerprint density at radius 2 is 2.21 bits per heavy atom. The van der Waals surface area contributed by atoms with Gasteiger partial charge in [0.2, 0.25) is 0 Å². The number of rotatable bonds is 2. The van der Waals surface area contributed by atoms with Gasteiger partial charge in [-0.15, -0.1) is 11.8 Å². The van der Waals surface area contributed by atoms with E-state index in [4.69, 9.17) is 11.6 Å². The molecule has 1 rings (SSSR count). The Hall–Kier alpha value is -0.740. The van der Waals surface area contributed by atoms with E-state index in [0.717, 1.165) is 11.8 Å². The van der Waals surface area contributed by atoms with Crippen molar-refractivity contribution < 1.29 is 13.9 Å². The Labute approximate surface area is 90.4 Å². The first-order valence-corrected chi connectivity index (χ1v) is 5.32. The fraction of sp³-hybridized carbons (Fsp3) is 0.222. The molecule has 0 bridgehead atoms. The fourth-order valence-electron chi connectivity index (χ4n) is 0.987. The average Bonchev–Trinajstić information content (AvgIpc) is 2.18. The van der Waals surface area contributed by atoms with E-state index in [1.807, 2.05) is 0 Å². The van der Waals surface area contributed by atoms with Crippen LogP contribution in [-0.2, 0) is 4.74 Å². The molecule has 0 radical (unpaired) electrons. The SMILES string of the molecule is COC(=O)c1ccc(Cl)c(SC)c1F.